The van der Waals surface area contributed by atoms with Crippen molar-refractivity contribution in [3.63, 3.8) is 0 Å². The van der Waals surface area contributed by atoms with Crippen LogP contribution in [0.15, 0.2) is 17.7 Å². The highest BCUT2D eigenvalue weighted by Crippen LogP contribution is 2.52. The number of nitrogens with two attached hydrogens (primary N) is 1. The van der Waals surface area contributed by atoms with Gasteiger partial charge in [-0.1, -0.05) is 6.07 Å². The summed E-state index contributed by atoms with van der Waals surface area (Å²) in [5, 5.41) is 44.3. The van der Waals surface area contributed by atoms with Gasteiger partial charge in [-0.15, -0.1) is 0 Å². The molecule has 3 aliphatic carbocycles. The largest absolute Gasteiger partial charge is 0.507 e. The molecule has 0 aliphatic heterocycles. The second-order valence-corrected chi connectivity index (χ2v) is 9.65. The molecule has 6 atom stereocenters. The molecule has 0 aromatic heterocycles. The van der Waals surface area contributed by atoms with E-state index in [2.05, 4.69) is 0 Å². The molecule has 1 aromatic rings. The van der Waals surface area contributed by atoms with Crippen molar-refractivity contribution in [3.8, 4) is 5.75 Å². The standard InChI is InChI=1S/C23H29N3O7/c1-25(2)12-6-5-9-7-10-8-11-16(26(3)4)19(29)15(22(24)32)21(31)23(11,33)20(30)14(10)18(28)13(9)17(12)27/h5-6,10-11,15-16,19,27-29,33H,7-8H2,1-4H3,(H2,24,32)/t10-,11-,15?,16-,19?,23-/m0/s1. The maximum atomic E-state index is 13.7. The summed E-state index contributed by atoms with van der Waals surface area (Å²) in [5.74, 6) is -7.36. The monoisotopic (exact) mass is 459 g/mol. The second kappa shape index (κ2) is 7.54. The van der Waals surface area contributed by atoms with Crippen LogP contribution in [0.3, 0.4) is 0 Å². The van der Waals surface area contributed by atoms with Gasteiger partial charge in [0.25, 0.3) is 0 Å². The van der Waals surface area contributed by atoms with Crippen LogP contribution in [0.1, 0.15) is 17.5 Å². The Kier molecular flexibility index (Phi) is 5.31. The minimum absolute atomic E-state index is 0.0850. The molecule has 2 saturated carbocycles. The maximum Gasteiger partial charge on any atom is 0.230 e. The number of benzene rings is 1. The zero-order valence-corrected chi connectivity index (χ0v) is 18.9. The predicted molar refractivity (Wildman–Crippen MR) is 118 cm³/mol. The molecule has 10 heteroatoms. The maximum absolute atomic E-state index is 13.7. The number of primary amides is 1. The zero-order chi connectivity index (χ0) is 24.6. The van der Waals surface area contributed by atoms with Crippen molar-refractivity contribution in [2.45, 2.75) is 30.6 Å². The van der Waals surface area contributed by atoms with Crippen molar-refractivity contribution in [1.82, 2.24) is 4.90 Å². The molecule has 0 radical (unpaired) electrons. The van der Waals surface area contributed by atoms with E-state index in [0.29, 0.717) is 11.3 Å². The number of aliphatic hydroxyl groups is 3. The highest BCUT2D eigenvalue weighted by atomic mass is 16.3. The van der Waals surface area contributed by atoms with Crippen molar-refractivity contribution in [1.29, 1.82) is 0 Å². The summed E-state index contributed by atoms with van der Waals surface area (Å²) in [6, 6.07) is 2.57. The number of phenolic OH excluding ortho intramolecular Hbond substituents is 1. The lowest BCUT2D eigenvalue weighted by Crippen LogP contribution is -2.73. The molecular weight excluding hydrogens is 430 g/mol. The molecule has 0 bridgehead atoms. The van der Waals surface area contributed by atoms with Crippen molar-refractivity contribution in [3.05, 3.63) is 28.8 Å². The fraction of sp³-hybridized carbons (Fsp3) is 0.522. The van der Waals surface area contributed by atoms with Gasteiger partial charge in [0.05, 0.1) is 17.4 Å². The van der Waals surface area contributed by atoms with Crippen LogP contribution in [-0.2, 0) is 20.8 Å². The predicted octanol–water partition coefficient (Wildman–Crippen LogP) is -0.805. The number of anilines is 1. The quantitative estimate of drug-likeness (QED) is 0.364. The number of carbonyl (C=O) groups is 3. The van der Waals surface area contributed by atoms with Crippen LogP contribution in [0.5, 0.6) is 5.75 Å². The van der Waals surface area contributed by atoms with Gasteiger partial charge in [0.2, 0.25) is 11.7 Å². The van der Waals surface area contributed by atoms with Crippen LogP contribution in [0, 0.1) is 17.8 Å². The Labute approximate surface area is 190 Å². The van der Waals surface area contributed by atoms with Crippen LogP contribution in [-0.4, -0.2) is 88.7 Å². The molecule has 3 aliphatic rings. The summed E-state index contributed by atoms with van der Waals surface area (Å²) in [4.78, 5) is 42.2. The topological polar surface area (TPSA) is 165 Å². The van der Waals surface area contributed by atoms with E-state index in [1.165, 1.54) is 0 Å². The van der Waals surface area contributed by atoms with Gasteiger partial charge in [0.15, 0.2) is 11.4 Å². The number of hydrogen-bond acceptors (Lipinski definition) is 9. The third-order valence-electron chi connectivity index (χ3n) is 7.42. The van der Waals surface area contributed by atoms with Crippen molar-refractivity contribution < 1.29 is 34.8 Å². The number of likely N-dealkylation sites (N-methyl/N-ethyl adjacent to an activating group) is 1. The molecule has 0 spiro atoms. The molecule has 2 unspecified atom stereocenters. The number of hydrogen-bond donors (Lipinski definition) is 5. The van der Waals surface area contributed by atoms with Gasteiger partial charge in [-0.05, 0) is 44.5 Å². The zero-order valence-electron chi connectivity index (χ0n) is 18.9. The van der Waals surface area contributed by atoms with Gasteiger partial charge in [0.1, 0.15) is 17.4 Å². The van der Waals surface area contributed by atoms with Gasteiger partial charge in [0, 0.05) is 31.6 Å². The van der Waals surface area contributed by atoms with E-state index in [0.717, 1.165) is 0 Å². The average Bonchev–Trinajstić information content (AvgIpc) is 2.70. The van der Waals surface area contributed by atoms with E-state index in [9.17, 15) is 34.8 Å². The second-order valence-electron chi connectivity index (χ2n) is 9.65. The van der Waals surface area contributed by atoms with Crippen molar-refractivity contribution in [2.75, 3.05) is 33.1 Å². The van der Waals surface area contributed by atoms with Crippen molar-refractivity contribution in [2.24, 2.45) is 23.5 Å². The van der Waals surface area contributed by atoms with Crippen molar-refractivity contribution >= 4 is 28.9 Å². The number of Topliss-reactive ketones (excluding diaryl/α,β-unsaturated/α-hetero) is 2. The molecule has 4 rings (SSSR count). The van der Waals surface area contributed by atoms with Gasteiger partial charge in [-0.2, -0.15) is 0 Å². The van der Waals surface area contributed by atoms with E-state index in [1.54, 1.807) is 50.1 Å². The van der Waals surface area contributed by atoms with E-state index in [4.69, 9.17) is 5.73 Å². The summed E-state index contributed by atoms with van der Waals surface area (Å²) in [6.45, 7) is 0. The Morgan fingerprint density at radius 2 is 1.79 bits per heavy atom. The first kappa shape index (κ1) is 23.2. The summed E-state index contributed by atoms with van der Waals surface area (Å²) in [5.41, 5.74) is 3.71. The fourth-order valence-electron chi connectivity index (χ4n) is 5.93. The van der Waals surface area contributed by atoms with Gasteiger partial charge < -0.3 is 36.0 Å². The summed E-state index contributed by atoms with van der Waals surface area (Å²) in [7, 11) is 6.67. The van der Waals surface area contributed by atoms with Gasteiger partial charge >= 0.3 is 0 Å². The first-order valence-corrected chi connectivity index (χ1v) is 10.7. The smallest absolute Gasteiger partial charge is 0.230 e. The molecule has 178 valence electrons. The van der Waals surface area contributed by atoms with Crippen LogP contribution in [0.4, 0.5) is 5.69 Å². The normalized spacial score (nSPS) is 33.5. The summed E-state index contributed by atoms with van der Waals surface area (Å²) >= 11 is 0. The number of ketones is 2. The Morgan fingerprint density at radius 1 is 1.15 bits per heavy atom. The number of nitrogens with zero attached hydrogens (tertiary/aromatic N) is 2. The SMILES string of the molecule is CN(C)c1ccc2c(c1O)C(O)=C1C(=O)[C@]3(O)C(=O)C(C(N)=O)C(O)[C@@H](N(C)C)[C@@H]3C[C@@H]1C2. The number of aliphatic hydroxyl groups excluding tert-OH is 2. The van der Waals surface area contributed by atoms with E-state index in [1.807, 2.05) is 0 Å². The molecule has 0 heterocycles. The first-order valence-electron chi connectivity index (χ1n) is 10.7. The number of fused-ring (bicyclic) bond motifs is 3. The molecule has 6 N–H and O–H groups in total. The van der Waals surface area contributed by atoms with E-state index in [-0.39, 0.29) is 29.7 Å². The molecule has 10 nitrogen and oxygen atoms in total. The van der Waals surface area contributed by atoms with Crippen LogP contribution in [0.2, 0.25) is 0 Å². The molecule has 33 heavy (non-hydrogen) atoms. The van der Waals surface area contributed by atoms with E-state index < -0.39 is 58.7 Å². The highest BCUT2D eigenvalue weighted by Gasteiger charge is 2.67. The molecular formula is C23H29N3O7. The Balaban J connectivity index is 1.92. The minimum Gasteiger partial charge on any atom is -0.507 e. The lowest BCUT2D eigenvalue weighted by Gasteiger charge is -2.53. The third-order valence-corrected chi connectivity index (χ3v) is 7.42. The van der Waals surface area contributed by atoms with Crippen LogP contribution >= 0.6 is 0 Å². The van der Waals surface area contributed by atoms with Gasteiger partial charge in [-0.3, -0.25) is 14.4 Å². The number of amides is 1. The van der Waals surface area contributed by atoms with E-state index >= 15 is 0 Å². The number of phenols is 1. The lowest BCUT2D eigenvalue weighted by atomic mass is 9.54. The van der Waals surface area contributed by atoms with Crippen LogP contribution in [0.25, 0.3) is 5.76 Å². The lowest BCUT2D eigenvalue weighted by molar-refractivity contribution is -0.184. The number of carbonyl (C=O) groups excluding carboxylic acids is 3. The third kappa shape index (κ3) is 3.01. The Bertz CT molecular complexity index is 1100. The van der Waals surface area contributed by atoms with Gasteiger partial charge in [-0.25, -0.2) is 0 Å². The average molecular weight is 459 g/mol. The Morgan fingerprint density at radius 3 is 2.33 bits per heavy atom. The molecule has 2 fully saturated rings. The fourth-order valence-corrected chi connectivity index (χ4v) is 5.93. The van der Waals surface area contributed by atoms with Crippen LogP contribution < -0.4 is 10.6 Å². The minimum atomic E-state index is -2.64. The summed E-state index contributed by atoms with van der Waals surface area (Å²) in [6.07, 6.45) is -1.10. The molecule has 1 aromatic carbocycles. The highest BCUT2D eigenvalue weighted by molar-refractivity contribution is 6.25. The molecule has 0 saturated heterocycles. The first-order chi connectivity index (χ1) is 15.3. The summed E-state index contributed by atoms with van der Waals surface area (Å²) < 4.78 is 0. The number of aromatic hydroxyl groups is 1. The number of rotatable bonds is 3. The Hall–Kier alpha value is -2.95. The molecule has 1 amide bonds.